The monoisotopic (exact) mass is 410 g/mol. The third-order valence-corrected chi connectivity index (χ3v) is 5.13. The summed E-state index contributed by atoms with van der Waals surface area (Å²) in [5.41, 5.74) is 0.0798. The molecule has 0 saturated heterocycles. The molecule has 0 aliphatic carbocycles. The lowest BCUT2D eigenvalue weighted by molar-refractivity contribution is -0.141. The van der Waals surface area contributed by atoms with E-state index < -0.39 is 32.4 Å². The third-order valence-electron chi connectivity index (χ3n) is 4.00. The number of hydrogen-bond donors (Lipinski definition) is 0. The summed E-state index contributed by atoms with van der Waals surface area (Å²) < 4.78 is 77.9. The Morgan fingerprint density at radius 1 is 1.07 bits per heavy atom. The first-order valence-electron chi connectivity index (χ1n) is 7.91. The molecule has 2 aromatic carbocycles. The van der Waals surface area contributed by atoms with Crippen molar-refractivity contribution in [3.05, 3.63) is 72.2 Å². The Balaban J connectivity index is 2.20. The van der Waals surface area contributed by atoms with Crippen LogP contribution in [0, 0.1) is 5.82 Å². The lowest BCUT2D eigenvalue weighted by Gasteiger charge is -2.10. The highest BCUT2D eigenvalue weighted by Gasteiger charge is 2.35. The highest BCUT2D eigenvalue weighted by Crippen LogP contribution is 2.33. The van der Waals surface area contributed by atoms with Crippen LogP contribution in [-0.4, -0.2) is 24.5 Å². The average molecular weight is 410 g/mol. The number of aromatic nitrogens is 2. The molecule has 3 aromatic rings. The molecule has 0 saturated carbocycles. The first kappa shape index (κ1) is 19.8. The van der Waals surface area contributed by atoms with E-state index in [4.69, 9.17) is 0 Å². The molecule has 0 atom stereocenters. The van der Waals surface area contributed by atoms with Crippen LogP contribution in [0.3, 0.4) is 0 Å². The van der Waals surface area contributed by atoms with Gasteiger partial charge in [0.05, 0.1) is 11.4 Å². The number of hydrogen-bond acceptors (Lipinski definition) is 3. The minimum absolute atomic E-state index is 0.0387. The molecular weight excluding hydrogens is 396 g/mol. The van der Waals surface area contributed by atoms with Gasteiger partial charge in [0, 0.05) is 17.9 Å². The first-order valence-corrected chi connectivity index (χ1v) is 9.80. The zero-order chi connectivity index (χ0) is 20.7. The maximum absolute atomic E-state index is 14.3. The average Bonchev–Trinajstić information content (AvgIpc) is 3.06. The highest BCUT2D eigenvalue weighted by atomic mass is 32.2. The van der Waals surface area contributed by atoms with Crippen LogP contribution in [0.1, 0.15) is 11.3 Å². The molecule has 1 heterocycles. The molecule has 0 fully saturated rings. The van der Waals surface area contributed by atoms with Gasteiger partial charge in [-0.1, -0.05) is 36.9 Å². The van der Waals surface area contributed by atoms with Crippen molar-refractivity contribution in [1.82, 2.24) is 9.78 Å². The van der Waals surface area contributed by atoms with Crippen LogP contribution in [0.25, 0.3) is 23.0 Å². The van der Waals surface area contributed by atoms with Crippen molar-refractivity contribution in [2.24, 2.45) is 0 Å². The molecule has 0 aliphatic rings. The van der Waals surface area contributed by atoms with E-state index in [-0.39, 0.29) is 11.4 Å². The lowest BCUT2D eigenvalue weighted by Crippen LogP contribution is -2.08. The van der Waals surface area contributed by atoms with Crippen molar-refractivity contribution in [1.29, 1.82) is 0 Å². The Hall–Kier alpha value is -2.94. The SMILES string of the molecule is C=Cc1ccc(-c2cc(C(F)(F)F)nn2-c2ccc(S(C)(=O)=O)c(F)c2)cc1. The quantitative estimate of drug-likeness (QED) is 0.584. The summed E-state index contributed by atoms with van der Waals surface area (Å²) in [7, 11) is -3.81. The van der Waals surface area contributed by atoms with Crippen molar-refractivity contribution in [2.75, 3.05) is 6.26 Å². The molecule has 0 bridgehead atoms. The second-order valence-corrected chi connectivity index (χ2v) is 8.02. The molecule has 9 heteroatoms. The van der Waals surface area contributed by atoms with Gasteiger partial charge >= 0.3 is 6.18 Å². The highest BCUT2D eigenvalue weighted by molar-refractivity contribution is 7.90. The number of alkyl halides is 3. The summed E-state index contributed by atoms with van der Waals surface area (Å²) in [5, 5.41) is 3.56. The Kier molecular flexibility index (Phi) is 4.88. The summed E-state index contributed by atoms with van der Waals surface area (Å²) in [6.07, 6.45) is -2.28. The fourth-order valence-corrected chi connectivity index (χ4v) is 3.36. The fraction of sp³-hybridized carbons (Fsp3) is 0.105. The lowest BCUT2D eigenvalue weighted by atomic mass is 10.1. The van der Waals surface area contributed by atoms with Crippen molar-refractivity contribution >= 4 is 15.9 Å². The summed E-state index contributed by atoms with van der Waals surface area (Å²) in [4.78, 5) is -0.545. The smallest absolute Gasteiger partial charge is 0.232 e. The molecule has 3 rings (SSSR count). The van der Waals surface area contributed by atoms with Gasteiger partial charge in [0.2, 0.25) is 0 Å². The van der Waals surface area contributed by atoms with Crippen molar-refractivity contribution in [2.45, 2.75) is 11.1 Å². The molecule has 146 valence electrons. The number of benzene rings is 2. The molecule has 0 unspecified atom stereocenters. The van der Waals surface area contributed by atoms with Crippen LogP contribution in [0.2, 0.25) is 0 Å². The zero-order valence-corrected chi connectivity index (χ0v) is 15.4. The van der Waals surface area contributed by atoms with Crippen LogP contribution in [0.5, 0.6) is 0 Å². The zero-order valence-electron chi connectivity index (χ0n) is 14.5. The Morgan fingerprint density at radius 3 is 2.21 bits per heavy atom. The third kappa shape index (κ3) is 3.84. The van der Waals surface area contributed by atoms with Gasteiger partial charge in [-0.25, -0.2) is 17.5 Å². The summed E-state index contributed by atoms with van der Waals surface area (Å²) in [6.45, 7) is 3.62. The van der Waals surface area contributed by atoms with E-state index in [0.717, 1.165) is 34.7 Å². The molecule has 0 N–H and O–H groups in total. The predicted octanol–water partition coefficient (Wildman–Crippen LogP) is 4.74. The Bertz CT molecular complexity index is 1150. The largest absolute Gasteiger partial charge is 0.435 e. The van der Waals surface area contributed by atoms with Gasteiger partial charge in [0.15, 0.2) is 15.5 Å². The predicted molar refractivity (Wildman–Crippen MR) is 97.2 cm³/mol. The molecular formula is C19H14F4N2O2S. The van der Waals surface area contributed by atoms with Gasteiger partial charge in [-0.05, 0) is 23.8 Å². The van der Waals surface area contributed by atoms with E-state index in [9.17, 15) is 26.0 Å². The van der Waals surface area contributed by atoms with E-state index in [1.807, 2.05) is 0 Å². The first-order chi connectivity index (χ1) is 13.0. The molecule has 28 heavy (non-hydrogen) atoms. The Morgan fingerprint density at radius 2 is 1.71 bits per heavy atom. The van der Waals surface area contributed by atoms with Gasteiger partial charge in [0.25, 0.3) is 0 Å². The second-order valence-electron chi connectivity index (χ2n) is 6.04. The number of rotatable bonds is 4. The molecule has 0 amide bonds. The topological polar surface area (TPSA) is 52.0 Å². The van der Waals surface area contributed by atoms with Crippen molar-refractivity contribution < 1.29 is 26.0 Å². The normalized spacial score (nSPS) is 12.2. The van der Waals surface area contributed by atoms with Gasteiger partial charge in [-0.3, -0.25) is 0 Å². The van der Waals surface area contributed by atoms with Crippen molar-refractivity contribution in [3.8, 4) is 16.9 Å². The second kappa shape index (κ2) is 6.90. The van der Waals surface area contributed by atoms with Crippen LogP contribution in [-0.2, 0) is 16.0 Å². The van der Waals surface area contributed by atoms with Crippen LogP contribution < -0.4 is 0 Å². The number of sulfone groups is 1. The Labute approximate surface area is 158 Å². The van der Waals surface area contributed by atoms with Gasteiger partial charge < -0.3 is 0 Å². The number of halogens is 4. The van der Waals surface area contributed by atoms with Gasteiger partial charge in [-0.2, -0.15) is 18.3 Å². The molecule has 1 aromatic heterocycles. The molecule has 0 aliphatic heterocycles. The molecule has 4 nitrogen and oxygen atoms in total. The van der Waals surface area contributed by atoms with E-state index in [1.54, 1.807) is 30.3 Å². The fourth-order valence-electron chi connectivity index (χ4n) is 2.63. The van der Waals surface area contributed by atoms with Crippen LogP contribution in [0.15, 0.2) is 60.0 Å². The van der Waals surface area contributed by atoms with Crippen LogP contribution >= 0.6 is 0 Å². The number of nitrogens with zero attached hydrogens (tertiary/aromatic N) is 2. The van der Waals surface area contributed by atoms with E-state index >= 15 is 0 Å². The van der Waals surface area contributed by atoms with E-state index in [0.29, 0.717) is 5.56 Å². The minimum Gasteiger partial charge on any atom is -0.232 e. The summed E-state index contributed by atoms with van der Waals surface area (Å²) in [6, 6.07) is 10.4. The summed E-state index contributed by atoms with van der Waals surface area (Å²) in [5.74, 6) is -1.07. The molecule has 0 spiro atoms. The van der Waals surface area contributed by atoms with Gasteiger partial charge in [0.1, 0.15) is 10.7 Å². The van der Waals surface area contributed by atoms with E-state index in [2.05, 4.69) is 11.7 Å². The maximum atomic E-state index is 14.3. The van der Waals surface area contributed by atoms with Crippen LogP contribution in [0.4, 0.5) is 17.6 Å². The standard InChI is InChI=1S/C19H14F4N2O2S/c1-3-12-4-6-13(7-5-12)16-11-18(19(21,22)23)24-25(16)14-8-9-17(15(20)10-14)28(2,26)27/h3-11H,1H2,2H3. The van der Waals surface area contributed by atoms with Gasteiger partial charge in [-0.15, -0.1) is 0 Å². The van der Waals surface area contributed by atoms with Crippen molar-refractivity contribution in [3.63, 3.8) is 0 Å². The molecule has 0 radical (unpaired) electrons. The van der Waals surface area contributed by atoms with E-state index in [1.165, 1.54) is 6.07 Å². The maximum Gasteiger partial charge on any atom is 0.435 e. The summed E-state index contributed by atoms with van der Waals surface area (Å²) >= 11 is 0. The minimum atomic E-state index is -4.70.